The number of hydrogen-bond acceptors (Lipinski definition) is 4. The quantitative estimate of drug-likeness (QED) is 0.285. The summed E-state index contributed by atoms with van der Waals surface area (Å²) in [6, 6.07) is 12.7. The highest BCUT2D eigenvalue weighted by atomic mass is 16.6. The first-order valence-electron chi connectivity index (χ1n) is 8.63. The van der Waals surface area contributed by atoms with Gasteiger partial charge in [-0.3, -0.25) is 20.2 Å². The summed E-state index contributed by atoms with van der Waals surface area (Å²) < 4.78 is 7.67. The Labute approximate surface area is 164 Å². The molecule has 0 bridgehead atoms. The van der Waals surface area contributed by atoms with Crippen molar-refractivity contribution >= 4 is 11.4 Å². The smallest absolute Gasteiger partial charge is 0.258 e. The van der Waals surface area contributed by atoms with Crippen LogP contribution in [0.4, 0.5) is 11.4 Å². The van der Waals surface area contributed by atoms with Crippen molar-refractivity contribution in [1.29, 1.82) is 0 Å². The number of nitrogens with zero attached hydrogens (tertiary/aromatic N) is 6. The Kier molecular flexibility index (Phi) is 4.57. The molecule has 0 aliphatic rings. The second kappa shape index (κ2) is 7.35. The van der Waals surface area contributed by atoms with Gasteiger partial charge in [0.2, 0.25) is 6.67 Å². The van der Waals surface area contributed by atoms with Crippen LogP contribution >= 0.6 is 0 Å². The average molecular weight is 392 g/mol. The Morgan fingerprint density at radius 3 is 1.41 bits per heavy atom. The van der Waals surface area contributed by atoms with Crippen molar-refractivity contribution in [3.05, 3.63) is 106 Å². The van der Waals surface area contributed by atoms with Crippen LogP contribution in [0, 0.1) is 20.2 Å². The predicted molar refractivity (Wildman–Crippen MR) is 101 cm³/mol. The lowest BCUT2D eigenvalue weighted by atomic mass is 10.3. The Morgan fingerprint density at radius 1 is 0.690 bits per heavy atom. The first kappa shape index (κ1) is 18.0. The highest BCUT2D eigenvalue weighted by Gasteiger charge is 2.13. The summed E-state index contributed by atoms with van der Waals surface area (Å²) >= 11 is 0. The minimum absolute atomic E-state index is 0.0527. The second-order valence-corrected chi connectivity index (χ2v) is 6.36. The number of rotatable bonds is 6. The maximum Gasteiger partial charge on any atom is 0.269 e. The van der Waals surface area contributed by atoms with Gasteiger partial charge in [-0.05, 0) is 24.3 Å². The zero-order chi connectivity index (χ0) is 20.4. The molecule has 10 heteroatoms. The normalized spacial score (nSPS) is 10.8. The molecule has 0 amide bonds. The highest BCUT2D eigenvalue weighted by molar-refractivity contribution is 5.41. The summed E-state index contributed by atoms with van der Waals surface area (Å²) in [6.45, 7) is 0.556. The van der Waals surface area contributed by atoms with E-state index in [4.69, 9.17) is 0 Å². The van der Waals surface area contributed by atoms with E-state index in [1.165, 1.54) is 24.3 Å². The highest BCUT2D eigenvalue weighted by Crippen LogP contribution is 2.15. The minimum Gasteiger partial charge on any atom is -0.258 e. The molecule has 0 unspecified atom stereocenters. The monoisotopic (exact) mass is 392 g/mol. The maximum atomic E-state index is 10.8. The van der Waals surface area contributed by atoms with Crippen LogP contribution in [0.3, 0.4) is 0 Å². The number of nitro groups is 2. The summed E-state index contributed by atoms with van der Waals surface area (Å²) in [6.07, 6.45) is 11.3. The van der Waals surface area contributed by atoms with Gasteiger partial charge in [0.25, 0.3) is 24.0 Å². The van der Waals surface area contributed by atoms with Gasteiger partial charge in [-0.15, -0.1) is 0 Å². The Morgan fingerprint density at radius 2 is 1.07 bits per heavy atom. The fraction of sp³-hybridized carbons (Fsp3) is 0.0526. The molecule has 0 N–H and O–H groups in total. The molecule has 0 spiro atoms. The lowest BCUT2D eigenvalue weighted by Crippen LogP contribution is -2.49. The molecule has 2 aromatic carbocycles. The maximum absolute atomic E-state index is 10.8. The van der Waals surface area contributed by atoms with E-state index >= 15 is 0 Å². The van der Waals surface area contributed by atoms with Gasteiger partial charge in [0.05, 0.1) is 9.85 Å². The molecule has 2 heterocycles. The number of nitro benzene ring substituents is 2. The lowest BCUT2D eigenvalue weighted by molar-refractivity contribution is -0.912. The number of benzene rings is 2. The molecular formula is C19H16N6O4+2. The molecule has 0 aliphatic carbocycles. The third kappa shape index (κ3) is 3.86. The predicted octanol–water partition coefficient (Wildman–Crippen LogP) is 2.17. The van der Waals surface area contributed by atoms with Gasteiger partial charge < -0.3 is 0 Å². The van der Waals surface area contributed by atoms with E-state index in [-0.39, 0.29) is 11.4 Å². The van der Waals surface area contributed by atoms with Crippen LogP contribution in [0.25, 0.3) is 11.4 Å². The third-order valence-corrected chi connectivity index (χ3v) is 4.43. The van der Waals surface area contributed by atoms with Crippen LogP contribution in [-0.2, 0) is 6.67 Å². The zero-order valence-electron chi connectivity index (χ0n) is 15.1. The van der Waals surface area contributed by atoms with E-state index < -0.39 is 9.85 Å². The summed E-state index contributed by atoms with van der Waals surface area (Å²) in [4.78, 5) is 20.7. The molecular weight excluding hydrogens is 376 g/mol. The van der Waals surface area contributed by atoms with Crippen molar-refractivity contribution in [2.75, 3.05) is 0 Å². The molecule has 4 rings (SSSR count). The van der Waals surface area contributed by atoms with Crippen LogP contribution in [0.2, 0.25) is 0 Å². The summed E-state index contributed by atoms with van der Waals surface area (Å²) in [5.74, 6) is 0. The standard InChI is InChI=1S/C19H16N6O4/c26-24(27)18-5-1-16(2-6-18)22-11-9-20(14-22)13-21-10-12-23(15-21)17-3-7-19(8-4-17)25(28)29/h1-12,14-15H,13H2/q+2. The topological polar surface area (TPSA) is 104 Å². The number of imidazole rings is 2. The van der Waals surface area contributed by atoms with Crippen LogP contribution in [0.15, 0.2) is 86.0 Å². The largest absolute Gasteiger partial charge is 0.269 e. The zero-order valence-corrected chi connectivity index (χ0v) is 15.1. The minimum atomic E-state index is -0.425. The fourth-order valence-electron chi connectivity index (χ4n) is 2.94. The van der Waals surface area contributed by atoms with Gasteiger partial charge in [0.1, 0.15) is 36.2 Å². The van der Waals surface area contributed by atoms with E-state index in [9.17, 15) is 20.2 Å². The van der Waals surface area contributed by atoms with Crippen molar-refractivity contribution in [3.63, 3.8) is 0 Å². The molecule has 0 radical (unpaired) electrons. The number of aromatic nitrogens is 4. The van der Waals surface area contributed by atoms with Crippen LogP contribution in [0.5, 0.6) is 0 Å². The van der Waals surface area contributed by atoms with E-state index in [0.717, 1.165) is 11.4 Å². The van der Waals surface area contributed by atoms with Crippen LogP contribution < -0.4 is 9.13 Å². The average Bonchev–Trinajstić information content (AvgIpc) is 3.38. The Hall–Kier alpha value is -4.34. The van der Waals surface area contributed by atoms with Gasteiger partial charge in [0.15, 0.2) is 0 Å². The third-order valence-electron chi connectivity index (χ3n) is 4.43. The van der Waals surface area contributed by atoms with E-state index in [0.29, 0.717) is 6.67 Å². The van der Waals surface area contributed by atoms with Gasteiger partial charge >= 0.3 is 0 Å². The van der Waals surface area contributed by atoms with Crippen molar-refractivity contribution in [3.8, 4) is 11.4 Å². The van der Waals surface area contributed by atoms with E-state index in [1.807, 2.05) is 55.7 Å². The van der Waals surface area contributed by atoms with Crippen LogP contribution in [-0.4, -0.2) is 19.0 Å². The molecule has 2 aromatic heterocycles. The second-order valence-electron chi connectivity index (χ2n) is 6.36. The molecule has 144 valence electrons. The molecule has 0 atom stereocenters. The SMILES string of the molecule is O=[N+]([O-])c1ccc(-n2cc[n+](C[n+]3ccn(-c4ccc([N+](=O)[O-])cc4)c3)c2)cc1. The van der Waals surface area contributed by atoms with E-state index in [1.54, 1.807) is 24.3 Å². The first-order chi connectivity index (χ1) is 14.0. The summed E-state index contributed by atoms with van der Waals surface area (Å²) in [5, 5.41) is 21.5. The fourth-order valence-corrected chi connectivity index (χ4v) is 2.94. The van der Waals surface area contributed by atoms with Gasteiger partial charge in [-0.2, -0.15) is 9.13 Å². The van der Waals surface area contributed by atoms with Gasteiger partial charge in [-0.1, -0.05) is 0 Å². The van der Waals surface area contributed by atoms with Gasteiger partial charge in [-0.25, -0.2) is 9.13 Å². The molecule has 0 aliphatic heterocycles. The molecule has 0 saturated carbocycles. The number of hydrogen-bond donors (Lipinski definition) is 0. The van der Waals surface area contributed by atoms with E-state index in [2.05, 4.69) is 0 Å². The van der Waals surface area contributed by atoms with Crippen molar-refractivity contribution in [2.24, 2.45) is 0 Å². The Balaban J connectivity index is 1.48. The first-order valence-corrected chi connectivity index (χ1v) is 8.63. The molecule has 0 fully saturated rings. The molecule has 10 nitrogen and oxygen atoms in total. The molecule has 29 heavy (non-hydrogen) atoms. The lowest BCUT2D eigenvalue weighted by Gasteiger charge is -1.96. The van der Waals surface area contributed by atoms with Crippen LogP contribution in [0.1, 0.15) is 0 Å². The Bertz CT molecular complexity index is 1080. The number of non-ortho nitro benzene ring substituents is 2. The van der Waals surface area contributed by atoms with Crippen molar-refractivity contribution < 1.29 is 19.0 Å². The molecule has 4 aromatic rings. The van der Waals surface area contributed by atoms with Gasteiger partial charge in [0, 0.05) is 24.3 Å². The molecule has 0 saturated heterocycles. The summed E-state index contributed by atoms with van der Waals surface area (Å²) in [5.41, 5.74) is 1.75. The van der Waals surface area contributed by atoms with Crippen molar-refractivity contribution in [1.82, 2.24) is 9.13 Å². The van der Waals surface area contributed by atoms with Crippen molar-refractivity contribution in [2.45, 2.75) is 6.67 Å². The summed E-state index contributed by atoms with van der Waals surface area (Å²) in [7, 11) is 0.